The van der Waals surface area contributed by atoms with Crippen molar-refractivity contribution in [1.82, 2.24) is 4.72 Å². The van der Waals surface area contributed by atoms with Crippen LogP contribution in [0.4, 0.5) is 0 Å². The summed E-state index contributed by atoms with van der Waals surface area (Å²) in [7, 11) is -3.62. The van der Waals surface area contributed by atoms with Gasteiger partial charge in [-0.2, -0.15) is 0 Å². The Morgan fingerprint density at radius 2 is 2.05 bits per heavy atom. The maximum absolute atomic E-state index is 12.2. The molecule has 1 aliphatic carbocycles. The second-order valence-corrected chi connectivity index (χ2v) is 7.89. The van der Waals surface area contributed by atoms with Gasteiger partial charge < -0.3 is 5.11 Å². The van der Waals surface area contributed by atoms with E-state index in [-0.39, 0.29) is 15.8 Å². The SMILES string of the molecule is C[C@@H](NS(=O)(=O)c1csc(C(=O)O)c1)C1CCCCC1. The minimum atomic E-state index is -3.62. The van der Waals surface area contributed by atoms with Gasteiger partial charge in [0.15, 0.2) is 0 Å². The third kappa shape index (κ3) is 3.59. The minimum Gasteiger partial charge on any atom is -0.477 e. The van der Waals surface area contributed by atoms with E-state index >= 15 is 0 Å². The van der Waals surface area contributed by atoms with E-state index in [1.54, 1.807) is 0 Å². The summed E-state index contributed by atoms with van der Waals surface area (Å²) >= 11 is 0.928. The molecule has 1 saturated carbocycles. The molecule has 0 aromatic carbocycles. The Labute approximate surface area is 123 Å². The first-order valence-electron chi connectivity index (χ1n) is 6.74. The van der Waals surface area contributed by atoms with Crippen molar-refractivity contribution in [1.29, 1.82) is 0 Å². The highest BCUT2D eigenvalue weighted by Gasteiger charge is 2.26. The number of carboxylic acids is 1. The van der Waals surface area contributed by atoms with Crippen LogP contribution in [0.2, 0.25) is 0 Å². The molecule has 20 heavy (non-hydrogen) atoms. The number of carboxylic acid groups (broad SMARTS) is 1. The molecule has 0 saturated heterocycles. The standard InChI is InChI=1S/C13H19NO4S2/c1-9(10-5-3-2-4-6-10)14-20(17,18)11-7-12(13(15)16)19-8-11/h7-10,14H,2-6H2,1H3,(H,15,16)/t9-/m1/s1. The first-order chi connectivity index (χ1) is 9.40. The van der Waals surface area contributed by atoms with Crippen molar-refractivity contribution >= 4 is 27.3 Å². The molecular weight excluding hydrogens is 298 g/mol. The summed E-state index contributed by atoms with van der Waals surface area (Å²) in [5.41, 5.74) is 0. The second kappa shape index (κ2) is 6.24. The van der Waals surface area contributed by atoms with Crippen molar-refractivity contribution in [2.75, 3.05) is 0 Å². The highest BCUT2D eigenvalue weighted by atomic mass is 32.2. The Kier molecular flexibility index (Phi) is 4.82. The van der Waals surface area contributed by atoms with E-state index in [0.29, 0.717) is 5.92 Å². The fourth-order valence-corrected chi connectivity index (χ4v) is 5.04. The quantitative estimate of drug-likeness (QED) is 0.874. The molecule has 5 nitrogen and oxygen atoms in total. The highest BCUT2D eigenvalue weighted by molar-refractivity contribution is 7.89. The van der Waals surface area contributed by atoms with Crippen LogP contribution in [-0.2, 0) is 10.0 Å². The zero-order chi connectivity index (χ0) is 14.8. The monoisotopic (exact) mass is 317 g/mol. The molecule has 1 aliphatic rings. The van der Waals surface area contributed by atoms with E-state index < -0.39 is 16.0 Å². The molecule has 1 atom stereocenters. The van der Waals surface area contributed by atoms with E-state index in [1.807, 2.05) is 6.92 Å². The van der Waals surface area contributed by atoms with Gasteiger partial charge in [0.25, 0.3) is 0 Å². The van der Waals surface area contributed by atoms with Gasteiger partial charge in [0.2, 0.25) is 10.0 Å². The average Bonchev–Trinajstić information content (AvgIpc) is 2.90. The molecule has 1 aromatic rings. The number of sulfonamides is 1. The van der Waals surface area contributed by atoms with Gasteiger partial charge in [0.1, 0.15) is 4.88 Å². The molecular formula is C13H19NO4S2. The molecule has 1 heterocycles. The lowest BCUT2D eigenvalue weighted by Gasteiger charge is -2.27. The summed E-state index contributed by atoms with van der Waals surface area (Å²) < 4.78 is 27.1. The number of rotatable bonds is 5. The molecule has 0 radical (unpaired) electrons. The molecule has 0 bridgehead atoms. The van der Waals surface area contributed by atoms with Crippen molar-refractivity contribution in [2.24, 2.45) is 5.92 Å². The fraction of sp³-hybridized carbons (Fsp3) is 0.615. The number of carbonyl (C=O) groups is 1. The second-order valence-electron chi connectivity index (χ2n) is 5.26. The van der Waals surface area contributed by atoms with Gasteiger partial charge >= 0.3 is 5.97 Å². The van der Waals surface area contributed by atoms with E-state index in [1.165, 1.54) is 17.9 Å². The molecule has 112 valence electrons. The maximum atomic E-state index is 12.2. The Morgan fingerprint density at radius 3 is 2.60 bits per heavy atom. The van der Waals surface area contributed by atoms with E-state index in [4.69, 9.17) is 5.11 Å². The summed E-state index contributed by atoms with van der Waals surface area (Å²) in [5.74, 6) is -0.729. The van der Waals surface area contributed by atoms with Gasteiger partial charge in [-0.25, -0.2) is 17.9 Å². The molecule has 7 heteroatoms. The van der Waals surface area contributed by atoms with Crippen LogP contribution in [0.15, 0.2) is 16.3 Å². The number of nitrogens with one attached hydrogen (secondary N) is 1. The Hall–Kier alpha value is -0.920. The summed E-state index contributed by atoms with van der Waals surface area (Å²) in [6.45, 7) is 1.89. The zero-order valence-corrected chi connectivity index (χ0v) is 13.0. The van der Waals surface area contributed by atoms with Crippen LogP contribution in [0.5, 0.6) is 0 Å². The molecule has 0 amide bonds. The first-order valence-corrected chi connectivity index (χ1v) is 9.10. The third-order valence-corrected chi connectivity index (χ3v) is 6.40. The zero-order valence-electron chi connectivity index (χ0n) is 11.3. The molecule has 1 aromatic heterocycles. The number of hydrogen-bond acceptors (Lipinski definition) is 4. The van der Waals surface area contributed by atoms with Gasteiger partial charge in [-0.3, -0.25) is 0 Å². The van der Waals surface area contributed by atoms with Crippen LogP contribution >= 0.6 is 11.3 Å². The summed E-state index contributed by atoms with van der Waals surface area (Å²) in [6.07, 6.45) is 5.63. The van der Waals surface area contributed by atoms with Crippen molar-refractivity contribution in [3.8, 4) is 0 Å². The molecule has 2 rings (SSSR count). The normalized spacial score (nSPS) is 18.9. The summed E-state index contributed by atoms with van der Waals surface area (Å²) in [5, 5.41) is 10.2. The van der Waals surface area contributed by atoms with Gasteiger partial charge in [0.05, 0.1) is 4.90 Å². The van der Waals surface area contributed by atoms with Crippen LogP contribution in [0.1, 0.15) is 48.7 Å². The van der Waals surface area contributed by atoms with Crippen LogP contribution in [-0.4, -0.2) is 25.5 Å². The lowest BCUT2D eigenvalue weighted by molar-refractivity contribution is 0.0702. The molecule has 0 aliphatic heterocycles. The third-order valence-electron chi connectivity index (χ3n) is 3.79. The Morgan fingerprint density at radius 1 is 1.40 bits per heavy atom. The van der Waals surface area contributed by atoms with Crippen molar-refractivity contribution in [2.45, 2.75) is 50.0 Å². The largest absolute Gasteiger partial charge is 0.477 e. The molecule has 0 unspecified atom stereocenters. The predicted octanol–water partition coefficient (Wildman–Crippen LogP) is 2.69. The molecule has 2 N–H and O–H groups in total. The number of aromatic carboxylic acids is 1. The fourth-order valence-electron chi connectivity index (χ4n) is 2.62. The van der Waals surface area contributed by atoms with Gasteiger partial charge in [-0.1, -0.05) is 19.3 Å². The van der Waals surface area contributed by atoms with E-state index in [0.717, 1.165) is 37.0 Å². The topological polar surface area (TPSA) is 83.5 Å². The van der Waals surface area contributed by atoms with Crippen molar-refractivity contribution in [3.63, 3.8) is 0 Å². The predicted molar refractivity (Wildman–Crippen MR) is 77.6 cm³/mol. The molecule has 0 spiro atoms. The minimum absolute atomic E-state index is 0.0377. The van der Waals surface area contributed by atoms with Gasteiger partial charge in [-0.05, 0) is 31.7 Å². The smallest absolute Gasteiger partial charge is 0.345 e. The summed E-state index contributed by atoms with van der Waals surface area (Å²) in [6, 6.07) is 1.09. The van der Waals surface area contributed by atoms with Crippen LogP contribution in [0, 0.1) is 5.92 Å². The number of hydrogen-bond donors (Lipinski definition) is 2. The van der Waals surface area contributed by atoms with Crippen LogP contribution in [0.25, 0.3) is 0 Å². The van der Waals surface area contributed by atoms with E-state index in [2.05, 4.69) is 4.72 Å². The Bertz CT molecular complexity index is 573. The molecule has 1 fully saturated rings. The first kappa shape index (κ1) is 15.5. The van der Waals surface area contributed by atoms with Gasteiger partial charge in [-0.15, -0.1) is 11.3 Å². The maximum Gasteiger partial charge on any atom is 0.345 e. The van der Waals surface area contributed by atoms with Crippen molar-refractivity contribution < 1.29 is 18.3 Å². The number of thiophene rings is 1. The van der Waals surface area contributed by atoms with Crippen LogP contribution in [0.3, 0.4) is 0 Å². The lowest BCUT2D eigenvalue weighted by atomic mass is 9.85. The summed E-state index contributed by atoms with van der Waals surface area (Å²) in [4.78, 5) is 10.9. The van der Waals surface area contributed by atoms with Crippen molar-refractivity contribution in [3.05, 3.63) is 16.3 Å². The highest BCUT2D eigenvalue weighted by Crippen LogP contribution is 2.27. The average molecular weight is 317 g/mol. The lowest BCUT2D eigenvalue weighted by Crippen LogP contribution is -2.38. The Balaban J connectivity index is 2.07. The van der Waals surface area contributed by atoms with Crippen LogP contribution < -0.4 is 4.72 Å². The van der Waals surface area contributed by atoms with E-state index in [9.17, 15) is 13.2 Å². The van der Waals surface area contributed by atoms with Gasteiger partial charge in [0, 0.05) is 11.4 Å².